The molecular weight excluding hydrogens is 292 g/mol. The van der Waals surface area contributed by atoms with Crippen LogP contribution in [0.15, 0.2) is 0 Å². The van der Waals surface area contributed by atoms with E-state index in [9.17, 15) is 22.0 Å². The Morgan fingerprint density at radius 1 is 1.05 bits per heavy atom. The zero-order chi connectivity index (χ0) is 14.7. The molecule has 0 saturated heterocycles. The summed E-state index contributed by atoms with van der Waals surface area (Å²) >= 11 is 0. The number of carbonyl (C=O) groups excluding carboxylic acids is 1. The SMILES string of the molecule is O=C(NC1C2CC3CC(C2)CC1C3)C(F)(F)S(=O)(=O)O. The molecule has 4 aliphatic rings. The predicted molar refractivity (Wildman–Crippen MR) is 65.5 cm³/mol. The van der Waals surface area contributed by atoms with Crippen LogP contribution in [0.3, 0.4) is 0 Å². The highest BCUT2D eigenvalue weighted by Gasteiger charge is 2.55. The van der Waals surface area contributed by atoms with Gasteiger partial charge in [0, 0.05) is 6.04 Å². The lowest BCUT2D eigenvalue weighted by Crippen LogP contribution is -2.59. The Balaban J connectivity index is 1.74. The molecule has 1 amide bonds. The van der Waals surface area contributed by atoms with Crippen molar-refractivity contribution in [2.45, 2.75) is 43.4 Å². The molecule has 4 saturated carbocycles. The van der Waals surface area contributed by atoms with E-state index < -0.39 is 21.3 Å². The summed E-state index contributed by atoms with van der Waals surface area (Å²) in [7, 11) is -5.72. The van der Waals surface area contributed by atoms with Gasteiger partial charge in [-0.2, -0.15) is 17.2 Å². The minimum absolute atomic E-state index is 0.160. The summed E-state index contributed by atoms with van der Waals surface area (Å²) in [4.78, 5) is 11.5. The standard InChI is InChI=1S/C12H17F2NO4S/c13-12(14,20(17,18)19)11(16)15-10-8-2-6-1-7(4-8)5-9(10)3-6/h6-10H,1-5H2,(H,15,16)(H,17,18,19). The van der Waals surface area contributed by atoms with E-state index in [2.05, 4.69) is 5.32 Å². The van der Waals surface area contributed by atoms with Gasteiger partial charge in [-0.25, -0.2) is 0 Å². The lowest BCUT2D eigenvalue weighted by Gasteiger charge is -2.54. The Bertz CT molecular complexity index is 506. The van der Waals surface area contributed by atoms with Crippen molar-refractivity contribution >= 4 is 16.0 Å². The molecule has 0 aromatic rings. The van der Waals surface area contributed by atoms with Crippen molar-refractivity contribution in [1.82, 2.24) is 5.32 Å². The quantitative estimate of drug-likeness (QED) is 0.772. The molecule has 4 aliphatic carbocycles. The fourth-order valence-electron chi connectivity index (χ4n) is 4.51. The molecule has 0 spiro atoms. The van der Waals surface area contributed by atoms with E-state index in [4.69, 9.17) is 4.55 Å². The molecule has 4 fully saturated rings. The third kappa shape index (κ3) is 2.13. The molecule has 8 heteroatoms. The van der Waals surface area contributed by atoms with Crippen molar-refractivity contribution < 1.29 is 26.5 Å². The first kappa shape index (κ1) is 14.2. The highest BCUT2D eigenvalue weighted by Crippen LogP contribution is 2.53. The largest absolute Gasteiger partial charge is 0.446 e. The zero-order valence-electron chi connectivity index (χ0n) is 10.8. The first-order valence-corrected chi connectivity index (χ1v) is 8.28. The number of nitrogens with one attached hydrogen (secondary N) is 1. The minimum Gasteiger partial charge on any atom is -0.347 e. The summed E-state index contributed by atoms with van der Waals surface area (Å²) in [5.74, 6) is -0.349. The van der Waals surface area contributed by atoms with E-state index in [1.165, 1.54) is 6.42 Å². The number of alkyl halides is 2. The van der Waals surface area contributed by atoms with Gasteiger partial charge in [-0.15, -0.1) is 0 Å². The number of carbonyl (C=O) groups is 1. The monoisotopic (exact) mass is 309 g/mol. The van der Waals surface area contributed by atoms with Gasteiger partial charge in [0.05, 0.1) is 0 Å². The van der Waals surface area contributed by atoms with Crippen LogP contribution in [0.4, 0.5) is 8.78 Å². The Kier molecular flexibility index (Phi) is 3.10. The molecule has 4 bridgehead atoms. The van der Waals surface area contributed by atoms with Gasteiger partial charge < -0.3 is 5.32 Å². The van der Waals surface area contributed by atoms with Crippen LogP contribution in [0, 0.1) is 23.7 Å². The van der Waals surface area contributed by atoms with Gasteiger partial charge >= 0.3 is 21.3 Å². The second-order valence-electron chi connectivity index (χ2n) is 6.42. The topological polar surface area (TPSA) is 83.5 Å². The maximum Gasteiger partial charge on any atom is 0.446 e. The number of amides is 1. The molecule has 4 rings (SSSR count). The van der Waals surface area contributed by atoms with Gasteiger partial charge in [0.2, 0.25) is 0 Å². The van der Waals surface area contributed by atoms with Crippen molar-refractivity contribution in [2.24, 2.45) is 23.7 Å². The maximum atomic E-state index is 13.3. The van der Waals surface area contributed by atoms with Crippen LogP contribution in [-0.2, 0) is 14.9 Å². The van der Waals surface area contributed by atoms with Crippen LogP contribution in [0.25, 0.3) is 0 Å². The summed E-state index contributed by atoms with van der Waals surface area (Å²) in [5, 5.41) is -2.60. The van der Waals surface area contributed by atoms with E-state index in [1.807, 2.05) is 0 Å². The van der Waals surface area contributed by atoms with E-state index in [-0.39, 0.29) is 17.9 Å². The molecular formula is C12H17F2NO4S. The summed E-state index contributed by atoms with van der Waals surface area (Å²) < 4.78 is 56.2. The van der Waals surface area contributed by atoms with Crippen LogP contribution >= 0.6 is 0 Å². The molecule has 2 N–H and O–H groups in total. The Morgan fingerprint density at radius 2 is 1.50 bits per heavy atom. The molecule has 0 aromatic carbocycles. The third-order valence-electron chi connectivity index (χ3n) is 5.11. The summed E-state index contributed by atoms with van der Waals surface area (Å²) in [5.41, 5.74) is 0. The average Bonchev–Trinajstić information content (AvgIpc) is 2.31. The van der Waals surface area contributed by atoms with Crippen molar-refractivity contribution in [3.63, 3.8) is 0 Å². The van der Waals surface area contributed by atoms with Gasteiger partial charge in [0.25, 0.3) is 0 Å². The van der Waals surface area contributed by atoms with Gasteiger partial charge in [0.1, 0.15) is 0 Å². The Morgan fingerprint density at radius 3 is 1.90 bits per heavy atom. The Hall–Kier alpha value is -0.760. The molecule has 5 nitrogen and oxygen atoms in total. The van der Waals surface area contributed by atoms with Crippen LogP contribution in [0.1, 0.15) is 32.1 Å². The fraction of sp³-hybridized carbons (Fsp3) is 0.917. The molecule has 0 unspecified atom stereocenters. The van der Waals surface area contributed by atoms with E-state index >= 15 is 0 Å². The van der Waals surface area contributed by atoms with Crippen LogP contribution < -0.4 is 5.32 Å². The van der Waals surface area contributed by atoms with E-state index in [0.717, 1.165) is 25.7 Å². The van der Waals surface area contributed by atoms with Crippen LogP contribution in [0.5, 0.6) is 0 Å². The molecule has 0 heterocycles. The maximum absolute atomic E-state index is 13.3. The second-order valence-corrected chi connectivity index (χ2v) is 7.88. The van der Waals surface area contributed by atoms with Crippen molar-refractivity contribution in [3.8, 4) is 0 Å². The molecule has 114 valence electrons. The molecule has 0 aliphatic heterocycles. The number of hydrogen-bond acceptors (Lipinski definition) is 3. The number of hydrogen-bond donors (Lipinski definition) is 2. The highest BCUT2D eigenvalue weighted by molar-refractivity contribution is 7.87. The van der Waals surface area contributed by atoms with Crippen LogP contribution in [0.2, 0.25) is 0 Å². The normalized spacial score (nSPS) is 39.9. The fourth-order valence-corrected chi connectivity index (χ4v) is 4.81. The van der Waals surface area contributed by atoms with E-state index in [0.29, 0.717) is 11.8 Å². The zero-order valence-corrected chi connectivity index (χ0v) is 11.6. The van der Waals surface area contributed by atoms with Crippen molar-refractivity contribution in [2.75, 3.05) is 0 Å². The molecule has 0 aromatic heterocycles. The Labute approximate surface area is 115 Å². The molecule has 20 heavy (non-hydrogen) atoms. The van der Waals surface area contributed by atoms with Crippen molar-refractivity contribution in [1.29, 1.82) is 0 Å². The minimum atomic E-state index is -5.72. The number of rotatable bonds is 3. The van der Waals surface area contributed by atoms with Gasteiger partial charge in [0.15, 0.2) is 0 Å². The predicted octanol–water partition coefficient (Wildman–Crippen LogP) is 1.41. The lowest BCUT2D eigenvalue weighted by atomic mass is 9.54. The van der Waals surface area contributed by atoms with Crippen molar-refractivity contribution in [3.05, 3.63) is 0 Å². The highest BCUT2D eigenvalue weighted by atomic mass is 32.2. The lowest BCUT2D eigenvalue weighted by molar-refractivity contribution is -0.140. The summed E-state index contributed by atoms with van der Waals surface area (Å²) in [6, 6.07) is -0.386. The first-order valence-electron chi connectivity index (χ1n) is 6.84. The average molecular weight is 309 g/mol. The van der Waals surface area contributed by atoms with Gasteiger partial charge in [-0.1, -0.05) is 0 Å². The second kappa shape index (κ2) is 4.37. The summed E-state index contributed by atoms with van der Waals surface area (Å²) in [6.45, 7) is 0. The number of halogens is 2. The van der Waals surface area contributed by atoms with E-state index in [1.54, 1.807) is 0 Å². The third-order valence-corrected chi connectivity index (χ3v) is 5.95. The molecule has 0 atom stereocenters. The molecule has 0 radical (unpaired) electrons. The smallest absolute Gasteiger partial charge is 0.347 e. The first-order chi connectivity index (χ1) is 9.18. The summed E-state index contributed by atoms with van der Waals surface area (Å²) in [6.07, 6.45) is 4.84. The van der Waals surface area contributed by atoms with Crippen LogP contribution in [-0.4, -0.2) is 30.2 Å². The van der Waals surface area contributed by atoms with Gasteiger partial charge in [-0.3, -0.25) is 9.35 Å². The van der Waals surface area contributed by atoms with Gasteiger partial charge in [-0.05, 0) is 55.8 Å².